The van der Waals surface area contributed by atoms with E-state index in [-0.39, 0.29) is 23.6 Å². The lowest BCUT2D eigenvalue weighted by Crippen LogP contribution is -2.28. The number of carboxylic acid groups (broad SMARTS) is 1. The topological polar surface area (TPSA) is 108 Å². The van der Waals surface area contributed by atoms with Gasteiger partial charge in [0.1, 0.15) is 6.26 Å². The Morgan fingerprint density at radius 3 is 2.40 bits per heavy atom. The summed E-state index contributed by atoms with van der Waals surface area (Å²) >= 11 is 0. The first-order valence-electron chi connectivity index (χ1n) is 5.64. The zero-order valence-electron chi connectivity index (χ0n) is 11.4. The van der Waals surface area contributed by atoms with Crippen LogP contribution in [0.3, 0.4) is 0 Å². The summed E-state index contributed by atoms with van der Waals surface area (Å²) in [4.78, 5) is 23.5. The second-order valence-electron chi connectivity index (χ2n) is 4.31. The number of nitrogens with zero attached hydrogens (tertiary/aromatic N) is 2. The molecule has 0 spiro atoms. The summed E-state index contributed by atoms with van der Waals surface area (Å²) in [6.07, 6.45) is 0.846. The van der Waals surface area contributed by atoms with E-state index in [1.807, 2.05) is 0 Å². The Labute approximate surface area is 116 Å². The van der Waals surface area contributed by atoms with Gasteiger partial charge in [-0.25, -0.2) is 12.7 Å². The van der Waals surface area contributed by atoms with Crippen LogP contribution < -0.4 is 0 Å². The molecular formula is C11H16N2O6S. The maximum atomic E-state index is 11.9. The number of carboxylic acids is 1. The number of hydrogen-bond donors (Lipinski definition) is 1. The van der Waals surface area contributed by atoms with E-state index >= 15 is 0 Å². The van der Waals surface area contributed by atoms with Crippen LogP contribution in [-0.4, -0.2) is 62.3 Å². The van der Waals surface area contributed by atoms with E-state index in [9.17, 15) is 18.0 Å². The molecule has 0 aliphatic rings. The number of furan rings is 1. The molecule has 0 atom stereocenters. The molecule has 0 saturated heterocycles. The van der Waals surface area contributed by atoms with Gasteiger partial charge in [-0.15, -0.1) is 0 Å². The Balaban J connectivity index is 2.87. The minimum absolute atomic E-state index is 0.0229. The zero-order valence-corrected chi connectivity index (χ0v) is 12.2. The van der Waals surface area contributed by atoms with Crippen LogP contribution in [0.1, 0.15) is 16.8 Å². The highest BCUT2D eigenvalue weighted by Crippen LogP contribution is 2.17. The molecule has 0 radical (unpaired) electrons. The molecule has 0 aromatic carbocycles. The van der Waals surface area contributed by atoms with Gasteiger partial charge in [0.05, 0.1) is 12.0 Å². The van der Waals surface area contributed by atoms with E-state index in [2.05, 4.69) is 0 Å². The molecule has 1 N–H and O–H groups in total. The zero-order chi connectivity index (χ0) is 15.5. The summed E-state index contributed by atoms with van der Waals surface area (Å²) in [6, 6.07) is 1.12. The lowest BCUT2D eigenvalue weighted by atomic mass is 10.3. The normalized spacial score (nSPS) is 11.6. The molecule has 9 heteroatoms. The largest absolute Gasteiger partial charge is 0.481 e. The third kappa shape index (κ3) is 3.58. The Morgan fingerprint density at radius 2 is 1.90 bits per heavy atom. The highest BCUT2D eigenvalue weighted by Gasteiger charge is 2.24. The second-order valence-corrected chi connectivity index (χ2v) is 6.40. The molecule has 112 valence electrons. The van der Waals surface area contributed by atoms with Gasteiger partial charge in [0.15, 0.2) is 0 Å². The standard InChI is InChI=1S/C11H16N2O6S/c1-12(2)20(17,18)10-6-8(7-19-10)11(16)13(3)5-4-9(14)15/h6-7H,4-5H2,1-3H3,(H,14,15). The third-order valence-electron chi connectivity index (χ3n) is 2.57. The van der Waals surface area contributed by atoms with Crippen LogP contribution in [0, 0.1) is 0 Å². The maximum absolute atomic E-state index is 11.9. The van der Waals surface area contributed by atoms with Gasteiger partial charge < -0.3 is 14.4 Å². The fourth-order valence-electron chi connectivity index (χ4n) is 1.33. The number of rotatable bonds is 6. The van der Waals surface area contributed by atoms with Crippen LogP contribution in [0.2, 0.25) is 0 Å². The van der Waals surface area contributed by atoms with Crippen molar-refractivity contribution in [2.24, 2.45) is 0 Å². The van der Waals surface area contributed by atoms with Crippen LogP contribution in [0.15, 0.2) is 21.8 Å². The molecular weight excluding hydrogens is 288 g/mol. The summed E-state index contributed by atoms with van der Waals surface area (Å²) in [5.74, 6) is -1.53. The first-order valence-corrected chi connectivity index (χ1v) is 7.08. The number of carbonyl (C=O) groups excluding carboxylic acids is 1. The fraction of sp³-hybridized carbons (Fsp3) is 0.455. The van der Waals surface area contributed by atoms with Crippen molar-refractivity contribution in [1.29, 1.82) is 0 Å². The average molecular weight is 304 g/mol. The van der Waals surface area contributed by atoms with Crippen LogP contribution in [0.25, 0.3) is 0 Å². The van der Waals surface area contributed by atoms with E-state index in [0.29, 0.717) is 0 Å². The molecule has 1 aromatic heterocycles. The number of sulfonamides is 1. The lowest BCUT2D eigenvalue weighted by Gasteiger charge is -2.14. The molecule has 1 heterocycles. The van der Waals surface area contributed by atoms with Gasteiger partial charge in [-0.05, 0) is 0 Å². The van der Waals surface area contributed by atoms with Crippen molar-refractivity contribution < 1.29 is 27.5 Å². The maximum Gasteiger partial charge on any atom is 0.305 e. The molecule has 0 unspecified atom stereocenters. The molecule has 0 saturated carbocycles. The molecule has 0 aliphatic carbocycles. The molecule has 0 fully saturated rings. The average Bonchev–Trinajstić information content (AvgIpc) is 2.84. The van der Waals surface area contributed by atoms with Gasteiger partial charge in [0, 0.05) is 33.8 Å². The van der Waals surface area contributed by atoms with Crippen molar-refractivity contribution >= 4 is 21.9 Å². The van der Waals surface area contributed by atoms with Crippen LogP contribution in [0.5, 0.6) is 0 Å². The third-order valence-corrected chi connectivity index (χ3v) is 4.25. The Hall–Kier alpha value is -1.87. The quantitative estimate of drug-likeness (QED) is 0.797. The molecule has 1 amide bonds. The van der Waals surface area contributed by atoms with Crippen molar-refractivity contribution in [3.05, 3.63) is 17.9 Å². The van der Waals surface area contributed by atoms with E-state index in [4.69, 9.17) is 9.52 Å². The molecule has 1 rings (SSSR count). The summed E-state index contributed by atoms with van der Waals surface area (Å²) < 4.78 is 29.4. The SMILES string of the molecule is CN(CCC(=O)O)C(=O)c1coc(S(=O)(=O)N(C)C)c1. The minimum atomic E-state index is -3.74. The monoisotopic (exact) mass is 304 g/mol. The van der Waals surface area contributed by atoms with E-state index in [1.54, 1.807) is 0 Å². The van der Waals surface area contributed by atoms with Gasteiger partial charge >= 0.3 is 5.97 Å². The van der Waals surface area contributed by atoms with E-state index in [0.717, 1.165) is 16.6 Å². The lowest BCUT2D eigenvalue weighted by molar-refractivity contribution is -0.137. The summed E-state index contributed by atoms with van der Waals surface area (Å²) in [5, 5.41) is 8.21. The van der Waals surface area contributed by atoms with Crippen molar-refractivity contribution in [1.82, 2.24) is 9.21 Å². The predicted octanol–water partition coefficient (Wildman–Crippen LogP) is 0.0766. The Morgan fingerprint density at radius 1 is 1.30 bits per heavy atom. The summed E-state index contributed by atoms with van der Waals surface area (Å²) in [5.41, 5.74) is 0.0540. The first kappa shape index (κ1) is 16.2. The van der Waals surface area contributed by atoms with Gasteiger partial charge in [-0.2, -0.15) is 0 Å². The molecule has 20 heavy (non-hydrogen) atoms. The number of hydrogen-bond acceptors (Lipinski definition) is 5. The van der Waals surface area contributed by atoms with Crippen LogP contribution in [-0.2, 0) is 14.8 Å². The summed E-state index contributed by atoms with van der Waals surface area (Å²) in [6.45, 7) is 0.0229. The highest BCUT2D eigenvalue weighted by molar-refractivity contribution is 7.88. The molecule has 0 aliphatic heterocycles. The minimum Gasteiger partial charge on any atom is -0.481 e. The summed E-state index contributed by atoms with van der Waals surface area (Å²) in [7, 11) is 0.381. The number of carbonyl (C=O) groups is 2. The Kier molecular flexibility index (Phi) is 4.90. The predicted molar refractivity (Wildman–Crippen MR) is 68.8 cm³/mol. The van der Waals surface area contributed by atoms with Crippen molar-refractivity contribution in [2.75, 3.05) is 27.7 Å². The fourth-order valence-corrected chi connectivity index (χ4v) is 2.13. The number of amides is 1. The van der Waals surface area contributed by atoms with Crippen molar-refractivity contribution in [3.8, 4) is 0 Å². The molecule has 1 aromatic rings. The van der Waals surface area contributed by atoms with Crippen LogP contribution >= 0.6 is 0 Å². The van der Waals surface area contributed by atoms with Gasteiger partial charge in [0.2, 0.25) is 5.09 Å². The van der Waals surface area contributed by atoms with Gasteiger partial charge in [-0.3, -0.25) is 9.59 Å². The van der Waals surface area contributed by atoms with Crippen LogP contribution in [0.4, 0.5) is 0 Å². The Bertz CT molecular complexity index is 604. The molecule has 8 nitrogen and oxygen atoms in total. The van der Waals surface area contributed by atoms with Gasteiger partial charge in [-0.1, -0.05) is 0 Å². The first-order chi connectivity index (χ1) is 9.16. The second kappa shape index (κ2) is 6.06. The molecule has 0 bridgehead atoms. The van der Waals surface area contributed by atoms with E-state index in [1.165, 1.54) is 26.0 Å². The highest BCUT2D eigenvalue weighted by atomic mass is 32.2. The van der Waals surface area contributed by atoms with Gasteiger partial charge in [0.25, 0.3) is 15.9 Å². The van der Waals surface area contributed by atoms with Crippen molar-refractivity contribution in [3.63, 3.8) is 0 Å². The van der Waals surface area contributed by atoms with Crippen molar-refractivity contribution in [2.45, 2.75) is 11.5 Å². The number of aliphatic carboxylic acids is 1. The smallest absolute Gasteiger partial charge is 0.305 e. The van der Waals surface area contributed by atoms with E-state index < -0.39 is 21.9 Å².